The number of carbonyl (C=O) groups is 2. The third kappa shape index (κ3) is 4.73. The number of ether oxygens (including phenoxy) is 2. The largest absolute Gasteiger partial charge is 0.493 e. The van der Waals surface area contributed by atoms with Crippen LogP contribution in [-0.4, -0.2) is 40.3 Å². The first kappa shape index (κ1) is 21.0. The molecule has 160 valence electrons. The summed E-state index contributed by atoms with van der Waals surface area (Å²) < 4.78 is 12.7. The van der Waals surface area contributed by atoms with Gasteiger partial charge in [0.2, 0.25) is 11.9 Å². The van der Waals surface area contributed by atoms with Crippen molar-refractivity contribution in [1.82, 2.24) is 14.8 Å². The molecule has 1 atom stereocenters. The van der Waals surface area contributed by atoms with Gasteiger partial charge >= 0.3 is 0 Å². The lowest BCUT2D eigenvalue weighted by molar-refractivity contribution is -0.118. The highest BCUT2D eigenvalue weighted by Gasteiger charge is 2.28. The van der Waals surface area contributed by atoms with Gasteiger partial charge in [0.25, 0.3) is 5.91 Å². The number of benzene rings is 2. The van der Waals surface area contributed by atoms with Crippen LogP contribution < -0.4 is 20.1 Å². The predicted molar refractivity (Wildman–Crippen MR) is 115 cm³/mol. The Bertz CT molecular complexity index is 1130. The number of methoxy groups -OCH3 is 1. The molecule has 1 aromatic heterocycles. The van der Waals surface area contributed by atoms with Crippen molar-refractivity contribution in [3.8, 4) is 11.5 Å². The zero-order valence-electron chi connectivity index (χ0n) is 16.3. The van der Waals surface area contributed by atoms with Gasteiger partial charge in [-0.3, -0.25) is 14.9 Å². The number of carbonyl (C=O) groups excluding carboxylic acids is 2. The molecule has 9 nitrogen and oxygen atoms in total. The average molecular weight is 462 g/mol. The van der Waals surface area contributed by atoms with E-state index in [4.69, 9.17) is 32.7 Å². The minimum absolute atomic E-state index is 0.150. The molecule has 0 bridgehead atoms. The minimum Gasteiger partial charge on any atom is -0.493 e. The molecule has 0 unspecified atom stereocenters. The second-order valence-electron chi connectivity index (χ2n) is 6.70. The fraction of sp³-hybridized carbons (Fsp3) is 0.200. The van der Waals surface area contributed by atoms with E-state index in [2.05, 4.69) is 20.7 Å². The first-order valence-corrected chi connectivity index (χ1v) is 9.94. The molecular formula is C20H17Cl2N5O4. The number of halogens is 2. The van der Waals surface area contributed by atoms with Crippen LogP contribution in [0, 0.1) is 0 Å². The van der Waals surface area contributed by atoms with Crippen molar-refractivity contribution in [2.24, 2.45) is 0 Å². The summed E-state index contributed by atoms with van der Waals surface area (Å²) in [6.45, 7) is -0.251. The molecule has 2 aromatic carbocycles. The summed E-state index contributed by atoms with van der Waals surface area (Å²) in [5.41, 5.74) is 1.26. The number of amides is 2. The van der Waals surface area contributed by atoms with Crippen molar-refractivity contribution >= 4 is 46.7 Å². The Morgan fingerprint density at radius 1 is 1.23 bits per heavy atom. The molecule has 4 rings (SSSR count). The van der Waals surface area contributed by atoms with Crippen molar-refractivity contribution in [1.29, 1.82) is 0 Å². The third-order valence-electron chi connectivity index (χ3n) is 4.58. The van der Waals surface area contributed by atoms with Crippen LogP contribution in [0.1, 0.15) is 18.0 Å². The van der Waals surface area contributed by atoms with Gasteiger partial charge in [-0.2, -0.15) is 10.1 Å². The molecule has 1 aliphatic rings. The van der Waals surface area contributed by atoms with Gasteiger partial charge in [-0.25, -0.2) is 4.68 Å². The maximum absolute atomic E-state index is 12.2. The molecule has 0 radical (unpaired) electrons. The second-order valence-corrected chi connectivity index (χ2v) is 7.57. The van der Waals surface area contributed by atoms with Crippen LogP contribution in [0.3, 0.4) is 0 Å². The number of aromatic nitrogens is 3. The number of rotatable bonds is 6. The molecule has 2 N–H and O–H groups in total. The quantitative estimate of drug-likeness (QED) is 0.581. The second kappa shape index (κ2) is 8.83. The summed E-state index contributed by atoms with van der Waals surface area (Å²) in [5, 5.41) is 10.3. The van der Waals surface area contributed by atoms with Crippen molar-refractivity contribution in [3.63, 3.8) is 0 Å². The van der Waals surface area contributed by atoms with Gasteiger partial charge in [0.1, 0.15) is 6.33 Å². The standard InChI is InChI=1S/C20H17Cl2N5O4/c1-30-17-4-11(15-8-18(28)26-20-23-10-24-27(15)20)2-3-16(17)31-9-19(29)25-14-6-12(21)5-13(22)7-14/h2-7,10,15H,8-9H2,1H3,(H,25,29)(H,23,24,26,28)/t15-/m1/s1. The number of hydrogen-bond donors (Lipinski definition) is 2. The van der Waals surface area contributed by atoms with Crippen molar-refractivity contribution in [2.75, 3.05) is 24.4 Å². The van der Waals surface area contributed by atoms with Gasteiger partial charge < -0.3 is 14.8 Å². The van der Waals surface area contributed by atoms with E-state index in [1.807, 2.05) is 0 Å². The van der Waals surface area contributed by atoms with Crippen LogP contribution in [0.5, 0.6) is 11.5 Å². The van der Waals surface area contributed by atoms with E-state index >= 15 is 0 Å². The minimum atomic E-state index is -0.388. The Morgan fingerprint density at radius 2 is 2.00 bits per heavy atom. The third-order valence-corrected chi connectivity index (χ3v) is 5.01. The van der Waals surface area contributed by atoms with Crippen LogP contribution in [0.4, 0.5) is 11.6 Å². The normalized spacial score (nSPS) is 15.1. The number of hydrogen-bond acceptors (Lipinski definition) is 6. The summed E-state index contributed by atoms with van der Waals surface area (Å²) in [7, 11) is 1.49. The molecule has 0 fully saturated rings. The van der Waals surface area contributed by atoms with Crippen LogP contribution in [0.15, 0.2) is 42.7 Å². The summed E-state index contributed by atoms with van der Waals surface area (Å²) in [4.78, 5) is 28.3. The number of fused-ring (bicyclic) bond motifs is 1. The maximum atomic E-state index is 12.2. The molecule has 2 heterocycles. The topological polar surface area (TPSA) is 107 Å². The Labute approximate surface area is 187 Å². The van der Waals surface area contributed by atoms with Gasteiger partial charge in [-0.1, -0.05) is 29.3 Å². The van der Waals surface area contributed by atoms with Gasteiger partial charge in [-0.05, 0) is 35.9 Å². The monoisotopic (exact) mass is 461 g/mol. The highest BCUT2D eigenvalue weighted by molar-refractivity contribution is 6.35. The molecule has 0 saturated heterocycles. The molecule has 11 heteroatoms. The van der Waals surface area contributed by atoms with Gasteiger partial charge in [-0.15, -0.1) is 0 Å². The van der Waals surface area contributed by atoms with Crippen LogP contribution in [0.25, 0.3) is 0 Å². The molecule has 1 aliphatic heterocycles. The van der Waals surface area contributed by atoms with Crippen LogP contribution >= 0.6 is 23.2 Å². The van der Waals surface area contributed by atoms with Gasteiger partial charge in [0.05, 0.1) is 19.6 Å². The zero-order valence-corrected chi connectivity index (χ0v) is 17.8. The lowest BCUT2D eigenvalue weighted by atomic mass is 10.0. The van der Waals surface area contributed by atoms with Crippen molar-refractivity contribution in [3.05, 3.63) is 58.3 Å². The zero-order chi connectivity index (χ0) is 22.0. The van der Waals surface area contributed by atoms with Crippen LogP contribution in [-0.2, 0) is 9.59 Å². The number of anilines is 2. The fourth-order valence-corrected chi connectivity index (χ4v) is 3.77. The Hall–Kier alpha value is -3.30. The summed E-state index contributed by atoms with van der Waals surface area (Å²) in [6.07, 6.45) is 1.60. The summed E-state index contributed by atoms with van der Waals surface area (Å²) >= 11 is 11.9. The smallest absolute Gasteiger partial charge is 0.262 e. The van der Waals surface area contributed by atoms with E-state index in [0.717, 1.165) is 5.56 Å². The molecule has 3 aromatic rings. The highest BCUT2D eigenvalue weighted by Crippen LogP contribution is 2.35. The van der Waals surface area contributed by atoms with E-state index in [-0.39, 0.29) is 30.9 Å². The van der Waals surface area contributed by atoms with Gasteiger partial charge in [0.15, 0.2) is 18.1 Å². The van der Waals surface area contributed by atoms with E-state index in [0.29, 0.717) is 33.2 Å². The van der Waals surface area contributed by atoms with E-state index in [1.54, 1.807) is 41.1 Å². The number of nitrogens with zero attached hydrogens (tertiary/aromatic N) is 3. The molecule has 0 spiro atoms. The van der Waals surface area contributed by atoms with Crippen molar-refractivity contribution < 1.29 is 19.1 Å². The first-order valence-electron chi connectivity index (χ1n) is 9.19. The summed E-state index contributed by atoms with van der Waals surface area (Å²) in [6, 6.07) is 9.63. The Morgan fingerprint density at radius 3 is 2.74 bits per heavy atom. The SMILES string of the molecule is COc1cc([C@H]2CC(=O)Nc3ncnn32)ccc1OCC(=O)Nc1cc(Cl)cc(Cl)c1. The Kier molecular flexibility index (Phi) is 5.97. The Balaban J connectivity index is 1.46. The van der Waals surface area contributed by atoms with Crippen LogP contribution in [0.2, 0.25) is 10.0 Å². The maximum Gasteiger partial charge on any atom is 0.262 e. The summed E-state index contributed by atoms with van der Waals surface area (Å²) in [5.74, 6) is 0.648. The van der Waals surface area contributed by atoms with Gasteiger partial charge in [0, 0.05) is 15.7 Å². The molecule has 2 amide bonds. The lowest BCUT2D eigenvalue weighted by Gasteiger charge is -2.24. The van der Waals surface area contributed by atoms with Crippen molar-refractivity contribution in [2.45, 2.75) is 12.5 Å². The molecule has 31 heavy (non-hydrogen) atoms. The number of nitrogens with one attached hydrogen (secondary N) is 2. The molecule has 0 aliphatic carbocycles. The fourth-order valence-electron chi connectivity index (χ4n) is 3.24. The van der Waals surface area contributed by atoms with E-state index in [9.17, 15) is 9.59 Å². The predicted octanol–water partition coefficient (Wildman–Crippen LogP) is 3.54. The highest BCUT2D eigenvalue weighted by atomic mass is 35.5. The lowest BCUT2D eigenvalue weighted by Crippen LogP contribution is -2.29. The molecule has 0 saturated carbocycles. The van der Waals surface area contributed by atoms with E-state index < -0.39 is 0 Å². The molecular weight excluding hydrogens is 445 g/mol. The first-order chi connectivity index (χ1) is 14.9. The van der Waals surface area contributed by atoms with E-state index in [1.165, 1.54) is 13.4 Å². The average Bonchev–Trinajstić information content (AvgIpc) is 3.19.